The van der Waals surface area contributed by atoms with Gasteiger partial charge in [0.05, 0.1) is 24.8 Å². The fourth-order valence-electron chi connectivity index (χ4n) is 3.44. The maximum atomic E-state index is 12.6. The lowest BCUT2D eigenvalue weighted by atomic mass is 10.1. The van der Waals surface area contributed by atoms with Crippen LogP contribution in [0.4, 0.5) is 0 Å². The van der Waals surface area contributed by atoms with Gasteiger partial charge in [0.1, 0.15) is 5.52 Å². The smallest absolute Gasteiger partial charge is 0.224 e. The van der Waals surface area contributed by atoms with Crippen LogP contribution in [0.2, 0.25) is 0 Å². The first-order valence-corrected chi connectivity index (χ1v) is 9.36. The molecule has 0 radical (unpaired) electrons. The Morgan fingerprint density at radius 2 is 2.15 bits per heavy atom. The molecule has 0 saturated carbocycles. The number of piperidine rings is 1. The SMILES string of the molecule is O=C(CCn1nnc2ccccc21)N1CCCC(OCc2cccnc2)C1. The van der Waals surface area contributed by atoms with Crippen molar-refractivity contribution in [2.75, 3.05) is 13.1 Å². The molecule has 3 aromatic rings. The molecule has 1 aliphatic heterocycles. The standard InChI is InChI=1S/C20H23N5O2/c26-20(9-12-25-19-8-2-1-7-18(19)22-23-25)24-11-4-6-17(14-24)27-15-16-5-3-10-21-13-16/h1-3,5,7-8,10,13,17H,4,6,9,11-12,14-15H2. The van der Waals surface area contributed by atoms with Crippen LogP contribution in [0.5, 0.6) is 0 Å². The number of carbonyl (C=O) groups excluding carboxylic acids is 1. The number of hydrogen-bond acceptors (Lipinski definition) is 5. The number of fused-ring (bicyclic) bond motifs is 1. The van der Waals surface area contributed by atoms with Gasteiger partial charge in [-0.3, -0.25) is 9.78 Å². The summed E-state index contributed by atoms with van der Waals surface area (Å²) in [6.45, 7) is 2.52. The minimum atomic E-state index is 0.0788. The van der Waals surface area contributed by atoms with E-state index >= 15 is 0 Å². The van der Waals surface area contributed by atoms with Crippen molar-refractivity contribution in [1.29, 1.82) is 0 Å². The fraction of sp³-hybridized carbons (Fsp3) is 0.400. The van der Waals surface area contributed by atoms with Gasteiger partial charge < -0.3 is 9.64 Å². The Balaban J connectivity index is 1.29. The summed E-state index contributed by atoms with van der Waals surface area (Å²) < 4.78 is 7.80. The van der Waals surface area contributed by atoms with Gasteiger partial charge in [-0.2, -0.15) is 0 Å². The van der Waals surface area contributed by atoms with Gasteiger partial charge >= 0.3 is 0 Å². The van der Waals surface area contributed by atoms with Crippen LogP contribution in [-0.4, -0.2) is 50.0 Å². The van der Waals surface area contributed by atoms with E-state index in [-0.39, 0.29) is 12.0 Å². The average molecular weight is 365 g/mol. The number of rotatable bonds is 6. The second kappa shape index (κ2) is 8.26. The van der Waals surface area contributed by atoms with Crippen LogP contribution in [-0.2, 0) is 22.7 Å². The normalized spacial score (nSPS) is 17.3. The number of amides is 1. The van der Waals surface area contributed by atoms with Crippen LogP contribution in [0.15, 0.2) is 48.8 Å². The Bertz CT molecular complexity index is 896. The third-order valence-corrected chi connectivity index (χ3v) is 4.90. The minimum Gasteiger partial charge on any atom is -0.372 e. The van der Waals surface area contributed by atoms with Crippen LogP contribution < -0.4 is 0 Å². The number of para-hydroxylation sites is 1. The average Bonchev–Trinajstić information content (AvgIpc) is 3.15. The van der Waals surface area contributed by atoms with Gasteiger partial charge in [-0.25, -0.2) is 4.68 Å². The molecule has 7 nitrogen and oxygen atoms in total. The van der Waals surface area contributed by atoms with E-state index < -0.39 is 0 Å². The van der Waals surface area contributed by atoms with E-state index in [0.29, 0.717) is 26.1 Å². The molecule has 1 aliphatic rings. The Labute approximate surface area is 157 Å². The predicted octanol–water partition coefficient (Wildman–Crippen LogP) is 2.42. The molecule has 3 heterocycles. The topological polar surface area (TPSA) is 73.1 Å². The second-order valence-corrected chi connectivity index (χ2v) is 6.83. The highest BCUT2D eigenvalue weighted by atomic mass is 16.5. The summed E-state index contributed by atoms with van der Waals surface area (Å²) in [5, 5.41) is 8.29. The number of nitrogens with zero attached hydrogens (tertiary/aromatic N) is 5. The van der Waals surface area contributed by atoms with Gasteiger partial charge in [-0.1, -0.05) is 23.4 Å². The lowest BCUT2D eigenvalue weighted by molar-refractivity contribution is -0.135. The zero-order valence-electron chi connectivity index (χ0n) is 15.2. The van der Waals surface area contributed by atoms with Gasteiger partial charge in [-0.15, -0.1) is 5.10 Å². The van der Waals surface area contributed by atoms with Gasteiger partial charge in [0, 0.05) is 31.9 Å². The molecule has 7 heteroatoms. The van der Waals surface area contributed by atoms with Crippen LogP contribution in [0.3, 0.4) is 0 Å². The lowest BCUT2D eigenvalue weighted by Crippen LogP contribution is -2.43. The first-order chi connectivity index (χ1) is 13.3. The number of benzene rings is 1. The van der Waals surface area contributed by atoms with Crippen molar-refractivity contribution in [2.24, 2.45) is 0 Å². The fourth-order valence-corrected chi connectivity index (χ4v) is 3.44. The summed E-state index contributed by atoms with van der Waals surface area (Å²) in [4.78, 5) is 18.7. The zero-order chi connectivity index (χ0) is 18.5. The number of aromatic nitrogens is 4. The molecular formula is C20H23N5O2. The number of aryl methyl sites for hydroxylation is 1. The summed E-state index contributed by atoms with van der Waals surface area (Å²) >= 11 is 0. The molecule has 1 amide bonds. The highest BCUT2D eigenvalue weighted by Gasteiger charge is 2.24. The highest BCUT2D eigenvalue weighted by Crippen LogP contribution is 2.17. The van der Waals surface area contributed by atoms with E-state index in [1.807, 2.05) is 47.5 Å². The first-order valence-electron chi connectivity index (χ1n) is 9.36. The summed E-state index contributed by atoms with van der Waals surface area (Å²) in [7, 11) is 0. The molecule has 4 rings (SSSR count). The largest absolute Gasteiger partial charge is 0.372 e. The van der Waals surface area contributed by atoms with E-state index in [9.17, 15) is 4.79 Å². The van der Waals surface area contributed by atoms with E-state index in [0.717, 1.165) is 36.0 Å². The summed E-state index contributed by atoms with van der Waals surface area (Å²) in [6.07, 6.45) is 6.02. The van der Waals surface area contributed by atoms with Crippen molar-refractivity contribution in [3.8, 4) is 0 Å². The van der Waals surface area contributed by atoms with Gasteiger partial charge in [-0.05, 0) is 36.6 Å². The van der Waals surface area contributed by atoms with Crippen LogP contribution >= 0.6 is 0 Å². The van der Waals surface area contributed by atoms with Gasteiger partial charge in [0.15, 0.2) is 0 Å². The third kappa shape index (κ3) is 4.31. The van der Waals surface area contributed by atoms with Gasteiger partial charge in [0.25, 0.3) is 0 Å². The van der Waals surface area contributed by atoms with Gasteiger partial charge in [0.2, 0.25) is 5.91 Å². The Hall–Kier alpha value is -2.80. The van der Waals surface area contributed by atoms with Crippen LogP contribution in [0.25, 0.3) is 11.0 Å². The molecular weight excluding hydrogens is 342 g/mol. The summed E-state index contributed by atoms with van der Waals surface area (Å²) in [5.41, 5.74) is 2.87. The quantitative estimate of drug-likeness (QED) is 0.671. The number of ether oxygens (including phenoxy) is 1. The molecule has 1 unspecified atom stereocenters. The summed E-state index contributed by atoms with van der Waals surface area (Å²) in [5.74, 6) is 0.143. The molecule has 140 valence electrons. The van der Waals surface area contributed by atoms with Crippen molar-refractivity contribution < 1.29 is 9.53 Å². The van der Waals surface area contributed by atoms with E-state index in [1.165, 1.54) is 0 Å². The van der Waals surface area contributed by atoms with Crippen molar-refractivity contribution in [3.63, 3.8) is 0 Å². The third-order valence-electron chi connectivity index (χ3n) is 4.90. The van der Waals surface area contributed by atoms with E-state index in [1.54, 1.807) is 10.9 Å². The van der Waals surface area contributed by atoms with E-state index in [2.05, 4.69) is 15.3 Å². The Morgan fingerprint density at radius 3 is 3.04 bits per heavy atom. The molecule has 1 saturated heterocycles. The van der Waals surface area contributed by atoms with Crippen LogP contribution in [0, 0.1) is 0 Å². The highest BCUT2D eigenvalue weighted by molar-refractivity contribution is 5.77. The number of pyridine rings is 1. The minimum absolute atomic E-state index is 0.0788. The van der Waals surface area contributed by atoms with Crippen molar-refractivity contribution >= 4 is 16.9 Å². The predicted molar refractivity (Wildman–Crippen MR) is 101 cm³/mol. The van der Waals surface area contributed by atoms with Crippen molar-refractivity contribution in [1.82, 2.24) is 24.9 Å². The van der Waals surface area contributed by atoms with Crippen molar-refractivity contribution in [3.05, 3.63) is 54.4 Å². The molecule has 0 aliphatic carbocycles. The molecule has 2 aromatic heterocycles. The molecule has 0 spiro atoms. The number of likely N-dealkylation sites (tertiary alicyclic amines) is 1. The molecule has 1 atom stereocenters. The zero-order valence-corrected chi connectivity index (χ0v) is 15.2. The Kier molecular flexibility index (Phi) is 5.39. The molecule has 0 N–H and O–H groups in total. The summed E-state index contributed by atoms with van der Waals surface area (Å²) in [6, 6.07) is 11.7. The molecule has 1 aromatic carbocycles. The number of carbonyl (C=O) groups is 1. The lowest BCUT2D eigenvalue weighted by Gasteiger charge is -2.32. The Morgan fingerprint density at radius 1 is 1.22 bits per heavy atom. The maximum Gasteiger partial charge on any atom is 0.224 e. The van der Waals surface area contributed by atoms with Crippen LogP contribution in [0.1, 0.15) is 24.8 Å². The maximum absolute atomic E-state index is 12.6. The first kappa shape index (κ1) is 17.6. The molecule has 27 heavy (non-hydrogen) atoms. The number of hydrogen-bond donors (Lipinski definition) is 0. The monoisotopic (exact) mass is 365 g/mol. The molecule has 0 bridgehead atoms. The van der Waals surface area contributed by atoms with E-state index in [4.69, 9.17) is 4.74 Å². The second-order valence-electron chi connectivity index (χ2n) is 6.83. The molecule has 1 fully saturated rings. The van der Waals surface area contributed by atoms with Crippen molar-refractivity contribution in [2.45, 2.75) is 38.5 Å².